The number of rotatable bonds is 4. The molecule has 25 heavy (non-hydrogen) atoms. The summed E-state index contributed by atoms with van der Waals surface area (Å²) in [6.07, 6.45) is 2.55. The van der Waals surface area contributed by atoms with E-state index in [2.05, 4.69) is 19.2 Å². The van der Waals surface area contributed by atoms with E-state index in [-0.39, 0.29) is 11.7 Å². The van der Waals surface area contributed by atoms with Crippen LogP contribution in [0.15, 0.2) is 10.2 Å². The van der Waals surface area contributed by atoms with E-state index in [1.165, 1.54) is 0 Å². The molecule has 136 valence electrons. The average molecular weight is 345 g/mol. The van der Waals surface area contributed by atoms with Gasteiger partial charge in [-0.25, -0.2) is 0 Å². The molecule has 1 aromatic rings. The second-order valence-corrected chi connectivity index (χ2v) is 8.05. The normalized spacial score (nSPS) is 18.7. The molecule has 5 heteroatoms. The highest BCUT2D eigenvalue weighted by atomic mass is 16.5. The fraction of sp³-hybridized carbons (Fsp3) is 0.600. The highest BCUT2D eigenvalue weighted by molar-refractivity contribution is 6.23. The Kier molecular flexibility index (Phi) is 4.52. The Morgan fingerprint density at radius 3 is 2.68 bits per heavy atom. The van der Waals surface area contributed by atoms with E-state index in [9.17, 15) is 9.59 Å². The van der Waals surface area contributed by atoms with E-state index in [0.29, 0.717) is 43.1 Å². The van der Waals surface area contributed by atoms with E-state index in [0.717, 1.165) is 29.1 Å². The molecule has 1 aliphatic heterocycles. The fourth-order valence-corrected chi connectivity index (χ4v) is 3.58. The summed E-state index contributed by atoms with van der Waals surface area (Å²) in [5.41, 5.74) is 1.65. The van der Waals surface area contributed by atoms with Gasteiger partial charge in [0.25, 0.3) is 5.91 Å². The molecule has 1 amide bonds. The average Bonchev–Trinajstić information content (AvgIpc) is 2.82. The Labute approximate surface area is 148 Å². The molecule has 2 aliphatic rings. The molecule has 0 radical (unpaired) electrons. The van der Waals surface area contributed by atoms with Crippen LogP contribution in [-0.4, -0.2) is 23.8 Å². The number of nitrogens with one attached hydrogen (secondary N) is 1. The standard InChI is InChI=1S/C20H27NO4/c1-11(2)8-9-21-19(23)18-12(3)16-14(24-18)6-7-15-17(16)13(22)10-20(4,5)25-15/h11H,6-10H2,1-5H3,(H,21,23). The minimum atomic E-state index is -0.470. The zero-order valence-electron chi connectivity index (χ0n) is 15.7. The van der Waals surface area contributed by atoms with Gasteiger partial charge in [0, 0.05) is 30.5 Å². The molecule has 3 rings (SSSR count). The number of hydrogen-bond acceptors (Lipinski definition) is 4. The van der Waals surface area contributed by atoms with Crippen LogP contribution in [0.3, 0.4) is 0 Å². The number of ketones is 1. The molecule has 0 aromatic carbocycles. The van der Waals surface area contributed by atoms with Gasteiger partial charge in [0.15, 0.2) is 11.5 Å². The van der Waals surface area contributed by atoms with Crippen molar-refractivity contribution in [3.05, 3.63) is 28.4 Å². The van der Waals surface area contributed by atoms with E-state index in [1.54, 1.807) is 0 Å². The molecule has 1 aromatic heterocycles. The van der Waals surface area contributed by atoms with Gasteiger partial charge in [-0.15, -0.1) is 0 Å². The van der Waals surface area contributed by atoms with Crippen molar-refractivity contribution in [2.75, 3.05) is 6.54 Å². The number of ether oxygens (including phenoxy) is 1. The fourth-order valence-electron chi connectivity index (χ4n) is 3.58. The number of aryl methyl sites for hydroxylation is 1. The van der Waals surface area contributed by atoms with Crippen molar-refractivity contribution in [3.8, 4) is 0 Å². The summed E-state index contributed by atoms with van der Waals surface area (Å²) in [5.74, 6) is 2.17. The summed E-state index contributed by atoms with van der Waals surface area (Å²) >= 11 is 0. The summed E-state index contributed by atoms with van der Waals surface area (Å²) < 4.78 is 11.9. The number of carbonyl (C=O) groups is 2. The minimum absolute atomic E-state index is 0.0721. The van der Waals surface area contributed by atoms with Gasteiger partial charge >= 0.3 is 0 Å². The topological polar surface area (TPSA) is 68.5 Å². The Balaban J connectivity index is 1.91. The van der Waals surface area contributed by atoms with Gasteiger partial charge in [-0.05, 0) is 33.1 Å². The molecule has 0 saturated carbocycles. The second-order valence-electron chi connectivity index (χ2n) is 8.05. The van der Waals surface area contributed by atoms with Crippen molar-refractivity contribution < 1.29 is 18.7 Å². The predicted molar refractivity (Wildman–Crippen MR) is 95.3 cm³/mol. The van der Waals surface area contributed by atoms with Crippen molar-refractivity contribution in [1.82, 2.24) is 5.32 Å². The molecule has 0 bridgehead atoms. The SMILES string of the molecule is Cc1c(C(=O)NCCC(C)C)oc2c1C1=C(CC2)OC(C)(C)CC1=O. The molecule has 0 unspecified atom stereocenters. The van der Waals surface area contributed by atoms with Gasteiger partial charge in [-0.1, -0.05) is 13.8 Å². The molecule has 0 saturated heterocycles. The van der Waals surface area contributed by atoms with Gasteiger partial charge in [0.2, 0.25) is 0 Å². The predicted octanol–water partition coefficient (Wildman–Crippen LogP) is 3.79. The van der Waals surface area contributed by atoms with E-state index in [1.807, 2.05) is 20.8 Å². The lowest BCUT2D eigenvalue weighted by Gasteiger charge is -2.35. The van der Waals surface area contributed by atoms with Crippen molar-refractivity contribution in [2.24, 2.45) is 5.92 Å². The van der Waals surface area contributed by atoms with Crippen LogP contribution in [0.1, 0.15) is 74.4 Å². The monoisotopic (exact) mass is 345 g/mol. The van der Waals surface area contributed by atoms with E-state index < -0.39 is 5.60 Å². The van der Waals surface area contributed by atoms with Crippen LogP contribution in [0.2, 0.25) is 0 Å². The second kappa shape index (κ2) is 6.36. The van der Waals surface area contributed by atoms with E-state index in [4.69, 9.17) is 9.15 Å². The molecule has 5 nitrogen and oxygen atoms in total. The molecule has 2 heterocycles. The maximum atomic E-state index is 12.7. The lowest BCUT2D eigenvalue weighted by molar-refractivity contribution is -0.120. The summed E-state index contributed by atoms with van der Waals surface area (Å²) in [5, 5.41) is 2.91. The van der Waals surface area contributed by atoms with Crippen LogP contribution < -0.4 is 5.32 Å². The molecule has 0 atom stereocenters. The summed E-state index contributed by atoms with van der Waals surface area (Å²) in [6.45, 7) is 10.6. The third kappa shape index (κ3) is 3.37. The molecular formula is C20H27NO4. The van der Waals surface area contributed by atoms with Gasteiger partial charge in [-0.2, -0.15) is 0 Å². The van der Waals surface area contributed by atoms with Crippen LogP contribution >= 0.6 is 0 Å². The van der Waals surface area contributed by atoms with Crippen molar-refractivity contribution in [2.45, 2.75) is 65.9 Å². The zero-order chi connectivity index (χ0) is 18.4. The number of carbonyl (C=O) groups excluding carboxylic acids is 2. The molecule has 1 N–H and O–H groups in total. The van der Waals surface area contributed by atoms with Crippen molar-refractivity contribution >= 4 is 17.3 Å². The largest absolute Gasteiger partial charge is 0.491 e. The van der Waals surface area contributed by atoms with Crippen LogP contribution in [0.4, 0.5) is 0 Å². The number of Topliss-reactive ketones (excluding diaryl/α,β-unsaturated/α-hetero) is 1. The number of furan rings is 1. The van der Waals surface area contributed by atoms with Gasteiger partial charge in [0.1, 0.15) is 17.1 Å². The van der Waals surface area contributed by atoms with Crippen molar-refractivity contribution in [1.29, 1.82) is 0 Å². The third-order valence-electron chi connectivity index (χ3n) is 4.81. The quantitative estimate of drug-likeness (QED) is 0.901. The van der Waals surface area contributed by atoms with Crippen LogP contribution in [-0.2, 0) is 16.0 Å². The number of hydrogen-bond donors (Lipinski definition) is 1. The Hall–Kier alpha value is -2.04. The van der Waals surface area contributed by atoms with Gasteiger partial charge in [-0.3, -0.25) is 9.59 Å². The molecule has 0 fully saturated rings. The van der Waals surface area contributed by atoms with Gasteiger partial charge < -0.3 is 14.5 Å². The highest BCUT2D eigenvalue weighted by Crippen LogP contribution is 2.43. The number of amides is 1. The lowest BCUT2D eigenvalue weighted by Crippen LogP contribution is -2.34. The number of fused-ring (bicyclic) bond motifs is 2. The van der Waals surface area contributed by atoms with Gasteiger partial charge in [0.05, 0.1) is 12.0 Å². The Bertz CT molecular complexity index is 752. The third-order valence-corrected chi connectivity index (χ3v) is 4.81. The first-order chi connectivity index (χ1) is 11.7. The summed E-state index contributed by atoms with van der Waals surface area (Å²) in [6, 6.07) is 0. The molecule has 1 aliphatic carbocycles. The lowest BCUT2D eigenvalue weighted by atomic mass is 9.83. The summed E-state index contributed by atoms with van der Waals surface area (Å²) in [7, 11) is 0. The smallest absolute Gasteiger partial charge is 0.287 e. The molecular weight excluding hydrogens is 318 g/mol. The van der Waals surface area contributed by atoms with Crippen molar-refractivity contribution in [3.63, 3.8) is 0 Å². The Morgan fingerprint density at radius 1 is 1.28 bits per heavy atom. The maximum Gasteiger partial charge on any atom is 0.287 e. The first-order valence-corrected chi connectivity index (χ1v) is 9.06. The first kappa shape index (κ1) is 17.8. The Morgan fingerprint density at radius 2 is 2.00 bits per heavy atom. The van der Waals surface area contributed by atoms with Crippen LogP contribution in [0.5, 0.6) is 0 Å². The number of allylic oxidation sites excluding steroid dienone is 2. The summed E-state index contributed by atoms with van der Waals surface area (Å²) in [4.78, 5) is 25.2. The molecule has 0 spiro atoms. The first-order valence-electron chi connectivity index (χ1n) is 9.06. The maximum absolute atomic E-state index is 12.7. The van der Waals surface area contributed by atoms with Crippen LogP contribution in [0, 0.1) is 12.8 Å². The van der Waals surface area contributed by atoms with E-state index >= 15 is 0 Å². The highest BCUT2D eigenvalue weighted by Gasteiger charge is 2.40. The minimum Gasteiger partial charge on any atom is -0.491 e. The zero-order valence-corrected chi connectivity index (χ0v) is 15.7. The van der Waals surface area contributed by atoms with Crippen LogP contribution in [0.25, 0.3) is 5.57 Å².